The molecule has 0 atom stereocenters. The molecule has 2 radical (unpaired) electrons. The average Bonchev–Trinajstić information content (AvgIpc) is 3.67. The molecule has 0 spiro atoms. The van der Waals surface area contributed by atoms with Crippen LogP contribution in [-0.4, -0.2) is 75.6 Å². The Balaban J connectivity index is 0.000000195. The zero-order valence-corrected chi connectivity index (χ0v) is 28.8. The Morgan fingerprint density at radius 2 is 1.47 bits per heavy atom. The first kappa shape index (κ1) is 35.5. The van der Waals surface area contributed by atoms with E-state index < -0.39 is 0 Å². The van der Waals surface area contributed by atoms with Gasteiger partial charge in [-0.2, -0.15) is 5.10 Å². The van der Waals surface area contributed by atoms with Crippen molar-refractivity contribution in [2.24, 2.45) is 0 Å². The molecule has 12 heteroatoms. The Hall–Kier alpha value is -4.84. The number of morpholine rings is 1. The number of rotatable bonds is 10. The zero-order chi connectivity index (χ0) is 34.6. The quantitative estimate of drug-likeness (QED) is 0.120. The van der Waals surface area contributed by atoms with E-state index in [4.69, 9.17) is 25.8 Å². The Kier molecular flexibility index (Phi) is 12.7. The van der Waals surface area contributed by atoms with Gasteiger partial charge in [0.25, 0.3) is 0 Å². The van der Waals surface area contributed by atoms with Crippen molar-refractivity contribution in [1.29, 1.82) is 0 Å². The summed E-state index contributed by atoms with van der Waals surface area (Å²) in [7, 11) is 3.66. The molecule has 0 saturated carbocycles. The molecule has 0 bridgehead atoms. The van der Waals surface area contributed by atoms with Crippen molar-refractivity contribution in [3.8, 4) is 11.5 Å². The van der Waals surface area contributed by atoms with Gasteiger partial charge in [0.1, 0.15) is 24.3 Å². The van der Waals surface area contributed by atoms with Crippen molar-refractivity contribution in [3.05, 3.63) is 149 Å². The Morgan fingerprint density at radius 1 is 0.878 bits per heavy atom. The number of hydrogen-bond donors (Lipinski definition) is 0. The number of halogens is 3. The minimum atomic E-state index is -0.263. The van der Waals surface area contributed by atoms with Gasteiger partial charge in [0.05, 0.1) is 37.0 Å². The fourth-order valence-electron chi connectivity index (χ4n) is 5.20. The molecule has 0 N–H and O–H groups in total. The molecule has 2 heterocycles. The van der Waals surface area contributed by atoms with E-state index in [1.54, 1.807) is 60.5 Å². The van der Waals surface area contributed by atoms with Gasteiger partial charge >= 0.3 is 0 Å². The van der Waals surface area contributed by atoms with E-state index in [-0.39, 0.29) is 23.1 Å². The van der Waals surface area contributed by atoms with Crippen molar-refractivity contribution in [3.63, 3.8) is 0 Å². The summed E-state index contributed by atoms with van der Waals surface area (Å²) in [6, 6.07) is 25.9. The molecule has 49 heavy (non-hydrogen) atoms. The van der Waals surface area contributed by atoms with Crippen LogP contribution in [0.5, 0.6) is 11.5 Å². The number of ether oxygens (including phenoxy) is 3. The van der Waals surface area contributed by atoms with Crippen LogP contribution in [0.15, 0.2) is 110 Å². The molecular formula is C37H35ClF2N4O4Si. The Labute approximate surface area is 291 Å². The summed E-state index contributed by atoms with van der Waals surface area (Å²) in [4.78, 5) is 18.5. The van der Waals surface area contributed by atoms with Crippen LogP contribution in [0.4, 0.5) is 8.78 Å². The molecular weight excluding hydrogens is 666 g/mol. The van der Waals surface area contributed by atoms with Crippen molar-refractivity contribution in [1.82, 2.24) is 19.7 Å². The van der Waals surface area contributed by atoms with E-state index in [1.165, 1.54) is 30.6 Å². The van der Waals surface area contributed by atoms with Gasteiger partial charge in [-0.1, -0.05) is 54.1 Å². The summed E-state index contributed by atoms with van der Waals surface area (Å²) < 4.78 is 44.1. The van der Waals surface area contributed by atoms with Crippen molar-refractivity contribution in [2.75, 3.05) is 40.5 Å². The van der Waals surface area contributed by atoms with Crippen LogP contribution in [0.25, 0.3) is 5.57 Å². The third-order valence-electron chi connectivity index (χ3n) is 7.77. The van der Waals surface area contributed by atoms with E-state index in [9.17, 15) is 13.6 Å². The van der Waals surface area contributed by atoms with Gasteiger partial charge in [-0.25, -0.2) is 13.8 Å². The van der Waals surface area contributed by atoms with Crippen LogP contribution < -0.4 is 9.47 Å². The van der Waals surface area contributed by atoms with Crippen LogP contribution in [0.2, 0.25) is 5.02 Å². The Bertz CT molecular complexity index is 1770. The number of nitrogens with zero attached hydrogens (tertiary/aromatic N) is 4. The molecule has 1 fully saturated rings. The fraction of sp³-hybridized carbons (Fsp3) is 0.216. The second-order valence-electron chi connectivity index (χ2n) is 10.9. The van der Waals surface area contributed by atoms with E-state index in [0.29, 0.717) is 58.5 Å². The van der Waals surface area contributed by atoms with Crippen molar-refractivity contribution >= 4 is 32.6 Å². The molecule has 1 aromatic heterocycles. The van der Waals surface area contributed by atoms with Gasteiger partial charge in [0, 0.05) is 35.9 Å². The third-order valence-corrected chi connectivity index (χ3v) is 9.60. The molecule has 6 rings (SSSR count). The second kappa shape index (κ2) is 17.5. The monoisotopic (exact) mass is 700 g/mol. The summed E-state index contributed by atoms with van der Waals surface area (Å²) in [5, 5.41) is 4.74. The van der Waals surface area contributed by atoms with E-state index in [1.807, 2.05) is 42.5 Å². The fourth-order valence-corrected chi connectivity index (χ4v) is 6.72. The predicted molar refractivity (Wildman–Crippen MR) is 186 cm³/mol. The lowest BCUT2D eigenvalue weighted by Gasteiger charge is -2.26. The Morgan fingerprint density at radius 3 is 2.02 bits per heavy atom. The molecule has 4 aromatic carbocycles. The van der Waals surface area contributed by atoms with Crippen LogP contribution >= 0.6 is 11.6 Å². The summed E-state index contributed by atoms with van der Waals surface area (Å²) in [5.41, 5.74) is 4.64. The van der Waals surface area contributed by atoms with E-state index in [0.717, 1.165) is 27.8 Å². The molecule has 5 aromatic rings. The predicted octanol–water partition coefficient (Wildman–Crippen LogP) is 6.66. The first-order chi connectivity index (χ1) is 23.8. The van der Waals surface area contributed by atoms with Crippen molar-refractivity contribution in [2.45, 2.75) is 11.7 Å². The average molecular weight is 701 g/mol. The van der Waals surface area contributed by atoms with Gasteiger partial charge < -0.3 is 19.1 Å². The lowest BCUT2D eigenvalue weighted by atomic mass is 9.96. The maximum Gasteiger partial charge on any atom is 0.247 e. The lowest BCUT2D eigenvalue weighted by molar-refractivity contribution is -0.129. The number of carbonyl (C=O) groups excluding carboxylic acids is 1. The number of methoxy groups -OCH3 is 2. The number of benzene rings is 4. The topological polar surface area (TPSA) is 78.7 Å². The molecule has 0 unspecified atom stereocenters. The minimum Gasteiger partial charge on any atom is -0.493 e. The molecule has 8 nitrogen and oxygen atoms in total. The first-order valence-corrected chi connectivity index (χ1v) is 17.1. The van der Waals surface area contributed by atoms with Crippen LogP contribution in [-0.2, 0) is 15.7 Å². The van der Waals surface area contributed by atoms with Gasteiger partial charge in [0.15, 0.2) is 11.5 Å². The number of aromatic nitrogens is 3. The maximum atomic E-state index is 13.1. The highest BCUT2D eigenvalue weighted by Gasteiger charge is 2.18. The van der Waals surface area contributed by atoms with E-state index >= 15 is 0 Å². The van der Waals surface area contributed by atoms with Gasteiger partial charge in [-0.15, -0.1) is 0 Å². The lowest BCUT2D eigenvalue weighted by Crippen LogP contribution is -2.39. The van der Waals surface area contributed by atoms with Crippen LogP contribution in [0.1, 0.15) is 27.8 Å². The number of carbonyl (C=O) groups is 1. The number of amides is 1. The van der Waals surface area contributed by atoms with Gasteiger partial charge in [0.2, 0.25) is 5.91 Å². The zero-order valence-electron chi connectivity index (χ0n) is 27.1. The minimum absolute atomic E-state index is 0.0435. The molecule has 1 aliphatic heterocycles. The highest BCUT2D eigenvalue weighted by atomic mass is 35.5. The largest absolute Gasteiger partial charge is 0.493 e. The normalized spacial score (nSPS) is 13.1. The van der Waals surface area contributed by atoms with Crippen LogP contribution in [0.3, 0.4) is 0 Å². The first-order valence-electron chi connectivity index (χ1n) is 15.5. The number of hydrogen-bond acceptors (Lipinski definition) is 6. The molecule has 1 amide bonds. The second-order valence-corrected chi connectivity index (χ2v) is 12.6. The standard InChI is InChI=1S/C21H22ClNO4.C16H13F2N3Si/c1-25-19-8-5-16(13-20(19)26-2)18(15-3-6-17(22)7-4-15)14-21(24)23-9-11-27-12-10-23;17-14-5-1-12(2-6-14)16(13-3-7-15(18)8-4-13)22-11-21-10-19-9-20-21/h3-8,13-14H,9-12H2,1-2H3;1-10,16H,11H2/b18-14+;. The molecule has 0 aliphatic carbocycles. The summed E-state index contributed by atoms with van der Waals surface area (Å²) in [5.74, 6) is 0.672. The summed E-state index contributed by atoms with van der Waals surface area (Å²) in [6.07, 6.45) is 5.53. The van der Waals surface area contributed by atoms with Crippen molar-refractivity contribution < 1.29 is 27.8 Å². The molecule has 1 saturated heterocycles. The third kappa shape index (κ3) is 9.85. The SMILES string of the molecule is COc1ccc(/C(=C/C(=O)N2CCOCC2)c2ccc(Cl)cc2)cc1OC.Fc1ccc(C([Si]Cn2cncn2)c2ccc(F)cc2)cc1. The molecule has 252 valence electrons. The van der Waals surface area contributed by atoms with Gasteiger partial charge in [-0.05, 0) is 76.4 Å². The van der Waals surface area contributed by atoms with E-state index in [2.05, 4.69) is 10.1 Å². The van der Waals surface area contributed by atoms with Gasteiger partial charge in [-0.3, -0.25) is 9.48 Å². The summed E-state index contributed by atoms with van der Waals surface area (Å²) in [6.45, 7) is 2.31. The molecule has 1 aliphatic rings. The highest BCUT2D eigenvalue weighted by Crippen LogP contribution is 2.33. The maximum absolute atomic E-state index is 13.1. The highest BCUT2D eigenvalue weighted by molar-refractivity contribution is 6.37. The summed E-state index contributed by atoms with van der Waals surface area (Å²) >= 11 is 6.03. The smallest absolute Gasteiger partial charge is 0.247 e. The van der Waals surface area contributed by atoms with Crippen LogP contribution in [0, 0.1) is 11.6 Å².